The smallest absolute Gasteiger partial charge is 0.258 e. The van der Waals surface area contributed by atoms with Crippen LogP contribution in [0.25, 0.3) is 11.4 Å². The van der Waals surface area contributed by atoms with E-state index in [4.69, 9.17) is 16.1 Å². The summed E-state index contributed by atoms with van der Waals surface area (Å²) < 4.78 is 45.8. The van der Waals surface area contributed by atoms with Gasteiger partial charge in [-0.1, -0.05) is 22.8 Å². The third-order valence-electron chi connectivity index (χ3n) is 4.93. The number of benzene rings is 2. The first-order chi connectivity index (χ1) is 13.9. The molecule has 3 aromatic rings. The predicted molar refractivity (Wildman–Crippen MR) is 98.9 cm³/mol. The van der Waals surface area contributed by atoms with Crippen molar-refractivity contribution >= 4 is 17.5 Å². The first kappa shape index (κ1) is 19.4. The number of piperidine rings is 1. The number of likely N-dealkylation sites (tertiary alicyclic amines) is 1. The van der Waals surface area contributed by atoms with Crippen molar-refractivity contribution in [3.8, 4) is 11.4 Å². The van der Waals surface area contributed by atoms with E-state index in [-0.39, 0.29) is 22.3 Å². The fourth-order valence-electron chi connectivity index (χ4n) is 3.34. The average molecular weight is 422 g/mol. The highest BCUT2D eigenvalue weighted by Crippen LogP contribution is 2.30. The molecule has 1 aliphatic rings. The Morgan fingerprint density at radius 2 is 1.83 bits per heavy atom. The van der Waals surface area contributed by atoms with Gasteiger partial charge in [0.25, 0.3) is 5.91 Å². The van der Waals surface area contributed by atoms with Crippen molar-refractivity contribution in [2.75, 3.05) is 13.1 Å². The molecule has 5 nitrogen and oxygen atoms in total. The molecule has 2 aromatic carbocycles. The maximum atomic E-state index is 14.0. The van der Waals surface area contributed by atoms with Gasteiger partial charge in [-0.3, -0.25) is 4.79 Å². The maximum absolute atomic E-state index is 14.0. The molecule has 2 heterocycles. The molecule has 1 amide bonds. The SMILES string of the molecule is O=C(c1c(F)cccc1Cl)N1CCC(c2nc(-c3ccc(F)c(F)c3)no2)CC1. The molecule has 0 N–H and O–H groups in total. The number of nitrogens with zero attached hydrogens (tertiary/aromatic N) is 3. The normalized spacial score (nSPS) is 15.0. The molecule has 29 heavy (non-hydrogen) atoms. The number of carbonyl (C=O) groups is 1. The van der Waals surface area contributed by atoms with Gasteiger partial charge in [0.05, 0.1) is 10.6 Å². The van der Waals surface area contributed by atoms with Crippen LogP contribution in [0.15, 0.2) is 40.9 Å². The maximum Gasteiger partial charge on any atom is 0.258 e. The van der Waals surface area contributed by atoms with Crippen LogP contribution in [0.2, 0.25) is 5.02 Å². The minimum atomic E-state index is -0.993. The van der Waals surface area contributed by atoms with Crippen molar-refractivity contribution in [1.82, 2.24) is 15.0 Å². The highest BCUT2D eigenvalue weighted by molar-refractivity contribution is 6.33. The van der Waals surface area contributed by atoms with Crippen LogP contribution in [-0.2, 0) is 0 Å². The zero-order valence-electron chi connectivity index (χ0n) is 15.0. The second kappa shape index (κ2) is 7.87. The summed E-state index contributed by atoms with van der Waals surface area (Å²) in [6, 6.07) is 7.49. The fraction of sp³-hybridized carbons (Fsp3) is 0.250. The van der Waals surface area contributed by atoms with Crippen molar-refractivity contribution in [3.05, 3.63) is 70.3 Å². The molecule has 0 saturated carbocycles. The van der Waals surface area contributed by atoms with Crippen LogP contribution in [0.5, 0.6) is 0 Å². The van der Waals surface area contributed by atoms with Crippen LogP contribution in [0.1, 0.15) is 35.0 Å². The summed E-state index contributed by atoms with van der Waals surface area (Å²) in [7, 11) is 0. The van der Waals surface area contributed by atoms with Gasteiger partial charge in [-0.05, 0) is 43.2 Å². The van der Waals surface area contributed by atoms with Crippen LogP contribution in [0.4, 0.5) is 13.2 Å². The molecule has 1 saturated heterocycles. The summed E-state index contributed by atoms with van der Waals surface area (Å²) in [4.78, 5) is 18.4. The third kappa shape index (κ3) is 3.85. The molecule has 1 fully saturated rings. The van der Waals surface area contributed by atoms with Gasteiger partial charge in [0.1, 0.15) is 5.82 Å². The Bertz CT molecular complexity index is 1040. The molecular weight excluding hydrogens is 407 g/mol. The van der Waals surface area contributed by atoms with E-state index in [1.807, 2.05) is 0 Å². The molecule has 150 valence electrons. The minimum absolute atomic E-state index is 0.0743. The number of hydrogen-bond donors (Lipinski definition) is 0. The van der Waals surface area contributed by atoms with E-state index in [9.17, 15) is 18.0 Å². The first-order valence-corrected chi connectivity index (χ1v) is 9.34. The van der Waals surface area contributed by atoms with E-state index < -0.39 is 23.4 Å². The van der Waals surface area contributed by atoms with Crippen molar-refractivity contribution in [3.63, 3.8) is 0 Å². The zero-order valence-corrected chi connectivity index (χ0v) is 15.8. The lowest BCUT2D eigenvalue weighted by atomic mass is 9.96. The van der Waals surface area contributed by atoms with Gasteiger partial charge in [-0.15, -0.1) is 0 Å². The molecule has 0 unspecified atom stereocenters. The quantitative estimate of drug-likeness (QED) is 0.608. The van der Waals surface area contributed by atoms with E-state index in [0.717, 1.165) is 12.1 Å². The highest BCUT2D eigenvalue weighted by Gasteiger charge is 2.30. The van der Waals surface area contributed by atoms with Crippen LogP contribution >= 0.6 is 11.6 Å². The number of amides is 1. The van der Waals surface area contributed by atoms with Gasteiger partial charge in [0.2, 0.25) is 11.7 Å². The molecule has 0 bridgehead atoms. The second-order valence-electron chi connectivity index (χ2n) is 6.75. The Morgan fingerprint density at radius 3 is 2.52 bits per heavy atom. The molecule has 0 radical (unpaired) electrons. The first-order valence-electron chi connectivity index (χ1n) is 8.96. The standard InChI is InChI=1S/C20H15ClF3N3O2/c21-13-2-1-3-15(23)17(13)20(28)27-8-6-11(7-9-27)19-25-18(26-29-19)12-4-5-14(22)16(24)10-12/h1-5,10-11H,6-9H2. The van der Waals surface area contributed by atoms with Crippen LogP contribution in [0.3, 0.4) is 0 Å². The highest BCUT2D eigenvalue weighted by atomic mass is 35.5. The predicted octanol–water partition coefficient (Wildman–Crippen LogP) is 4.83. The summed E-state index contributed by atoms with van der Waals surface area (Å²) >= 11 is 5.98. The lowest BCUT2D eigenvalue weighted by Crippen LogP contribution is -2.38. The van der Waals surface area contributed by atoms with E-state index in [1.54, 1.807) is 0 Å². The molecule has 0 spiro atoms. The molecule has 9 heteroatoms. The zero-order chi connectivity index (χ0) is 20.5. The van der Waals surface area contributed by atoms with E-state index in [2.05, 4.69) is 10.1 Å². The Morgan fingerprint density at radius 1 is 1.07 bits per heavy atom. The van der Waals surface area contributed by atoms with Gasteiger partial charge < -0.3 is 9.42 Å². The Labute approximate surface area is 169 Å². The van der Waals surface area contributed by atoms with Gasteiger partial charge in [-0.2, -0.15) is 4.98 Å². The summed E-state index contributed by atoms with van der Waals surface area (Å²) in [6.45, 7) is 0.744. The Kier molecular flexibility index (Phi) is 5.27. The number of aromatic nitrogens is 2. The van der Waals surface area contributed by atoms with Crippen molar-refractivity contribution in [2.45, 2.75) is 18.8 Å². The molecular formula is C20H15ClF3N3O2. The number of rotatable bonds is 3. The van der Waals surface area contributed by atoms with Gasteiger partial charge >= 0.3 is 0 Å². The second-order valence-corrected chi connectivity index (χ2v) is 7.16. The van der Waals surface area contributed by atoms with Crippen LogP contribution < -0.4 is 0 Å². The van der Waals surface area contributed by atoms with E-state index in [1.165, 1.54) is 29.2 Å². The number of hydrogen-bond acceptors (Lipinski definition) is 4. The van der Waals surface area contributed by atoms with E-state index in [0.29, 0.717) is 37.4 Å². The van der Waals surface area contributed by atoms with Crippen molar-refractivity contribution in [2.24, 2.45) is 0 Å². The molecule has 0 aliphatic carbocycles. The summed E-state index contributed by atoms with van der Waals surface area (Å²) in [5, 5.41) is 3.91. The Hall–Kier alpha value is -2.87. The van der Waals surface area contributed by atoms with Gasteiger partial charge in [-0.25, -0.2) is 13.2 Å². The minimum Gasteiger partial charge on any atom is -0.339 e. The summed E-state index contributed by atoms with van der Waals surface area (Å²) in [5.41, 5.74) is 0.173. The number of halogens is 4. The van der Waals surface area contributed by atoms with Gasteiger partial charge in [0.15, 0.2) is 11.6 Å². The van der Waals surface area contributed by atoms with E-state index >= 15 is 0 Å². The van der Waals surface area contributed by atoms with Crippen LogP contribution in [-0.4, -0.2) is 34.0 Å². The lowest BCUT2D eigenvalue weighted by Gasteiger charge is -2.30. The monoisotopic (exact) mass is 421 g/mol. The number of carbonyl (C=O) groups excluding carboxylic acids is 1. The molecule has 4 rings (SSSR count). The van der Waals surface area contributed by atoms with Crippen LogP contribution in [0, 0.1) is 17.5 Å². The molecule has 0 atom stereocenters. The topological polar surface area (TPSA) is 59.2 Å². The largest absolute Gasteiger partial charge is 0.339 e. The Balaban J connectivity index is 1.44. The fourth-order valence-corrected chi connectivity index (χ4v) is 3.59. The summed E-state index contributed by atoms with van der Waals surface area (Å²) in [6.07, 6.45) is 1.08. The molecule has 1 aliphatic heterocycles. The molecule has 1 aromatic heterocycles. The van der Waals surface area contributed by atoms with Crippen molar-refractivity contribution < 1.29 is 22.5 Å². The average Bonchev–Trinajstić information content (AvgIpc) is 3.20. The third-order valence-corrected chi connectivity index (χ3v) is 5.24. The van der Waals surface area contributed by atoms with Gasteiger partial charge in [0, 0.05) is 24.6 Å². The lowest BCUT2D eigenvalue weighted by molar-refractivity contribution is 0.0700. The van der Waals surface area contributed by atoms with Crippen molar-refractivity contribution in [1.29, 1.82) is 0 Å². The summed E-state index contributed by atoms with van der Waals surface area (Å²) in [5.74, 6) is -2.63.